The molecule has 20 heavy (non-hydrogen) atoms. The molecule has 1 rings (SSSR count). The molecule has 106 valence electrons. The SMILES string of the molecule is C/C=C/C=C/C(=O)OCC(=O)NCc1ccccc1C. The fraction of sp³-hybridized carbons (Fsp3) is 0.250. The van der Waals surface area contributed by atoms with Crippen molar-refractivity contribution in [3.63, 3.8) is 0 Å². The zero-order valence-electron chi connectivity index (χ0n) is 11.8. The van der Waals surface area contributed by atoms with E-state index in [1.54, 1.807) is 18.2 Å². The van der Waals surface area contributed by atoms with Gasteiger partial charge >= 0.3 is 5.97 Å². The number of rotatable bonds is 6. The summed E-state index contributed by atoms with van der Waals surface area (Å²) in [4.78, 5) is 22.8. The second kappa shape index (κ2) is 8.69. The molecule has 0 bridgehead atoms. The number of carbonyl (C=O) groups excluding carboxylic acids is 2. The Kier molecular flexibility index (Phi) is 6.82. The number of hydrogen-bond acceptors (Lipinski definition) is 3. The summed E-state index contributed by atoms with van der Waals surface area (Å²) in [6, 6.07) is 7.79. The lowest BCUT2D eigenvalue weighted by molar-refractivity contribution is -0.143. The van der Waals surface area contributed by atoms with Crippen LogP contribution in [0.4, 0.5) is 0 Å². The summed E-state index contributed by atoms with van der Waals surface area (Å²) in [6.45, 7) is 3.98. The highest BCUT2D eigenvalue weighted by molar-refractivity contribution is 5.85. The lowest BCUT2D eigenvalue weighted by atomic mass is 10.1. The van der Waals surface area contributed by atoms with Gasteiger partial charge in [0.1, 0.15) is 0 Å². The van der Waals surface area contributed by atoms with E-state index in [1.165, 1.54) is 6.08 Å². The Hall–Kier alpha value is -2.36. The summed E-state index contributed by atoms with van der Waals surface area (Å²) in [7, 11) is 0. The van der Waals surface area contributed by atoms with Gasteiger partial charge in [0.15, 0.2) is 6.61 Å². The van der Waals surface area contributed by atoms with Crippen LogP contribution in [0.25, 0.3) is 0 Å². The molecule has 0 atom stereocenters. The molecule has 0 aliphatic rings. The van der Waals surface area contributed by atoms with Gasteiger partial charge in [-0.15, -0.1) is 0 Å². The van der Waals surface area contributed by atoms with Gasteiger partial charge in [-0.05, 0) is 25.0 Å². The summed E-state index contributed by atoms with van der Waals surface area (Å²) < 4.78 is 4.80. The number of ether oxygens (including phenoxy) is 1. The number of amides is 1. The number of aryl methyl sites for hydroxylation is 1. The zero-order chi connectivity index (χ0) is 14.8. The first-order valence-electron chi connectivity index (χ1n) is 6.41. The smallest absolute Gasteiger partial charge is 0.331 e. The molecular weight excluding hydrogens is 254 g/mol. The molecule has 1 N–H and O–H groups in total. The van der Waals surface area contributed by atoms with Gasteiger partial charge in [0.2, 0.25) is 0 Å². The van der Waals surface area contributed by atoms with Crippen molar-refractivity contribution in [3.05, 3.63) is 59.7 Å². The molecule has 1 aromatic carbocycles. The molecule has 1 aromatic rings. The van der Waals surface area contributed by atoms with Crippen molar-refractivity contribution in [1.29, 1.82) is 0 Å². The van der Waals surface area contributed by atoms with E-state index in [0.29, 0.717) is 6.54 Å². The maximum Gasteiger partial charge on any atom is 0.331 e. The first kappa shape index (κ1) is 15.7. The maximum atomic E-state index is 11.5. The molecule has 0 spiro atoms. The molecule has 0 aliphatic heterocycles. The van der Waals surface area contributed by atoms with Gasteiger partial charge in [0.25, 0.3) is 5.91 Å². The van der Waals surface area contributed by atoms with Gasteiger partial charge in [0.05, 0.1) is 0 Å². The molecule has 4 heteroatoms. The molecule has 0 saturated heterocycles. The number of allylic oxidation sites excluding steroid dienone is 3. The molecule has 0 saturated carbocycles. The van der Waals surface area contributed by atoms with Crippen molar-refractivity contribution in [2.45, 2.75) is 20.4 Å². The van der Waals surface area contributed by atoms with Crippen LogP contribution in [-0.2, 0) is 20.9 Å². The van der Waals surface area contributed by atoms with Crippen LogP contribution in [0.1, 0.15) is 18.1 Å². The van der Waals surface area contributed by atoms with E-state index in [0.717, 1.165) is 11.1 Å². The molecule has 0 fully saturated rings. The molecule has 0 unspecified atom stereocenters. The third kappa shape index (κ3) is 6.00. The second-order valence-corrected chi connectivity index (χ2v) is 4.20. The Labute approximate surface area is 119 Å². The quantitative estimate of drug-likeness (QED) is 0.491. The van der Waals surface area contributed by atoms with Crippen LogP contribution in [0.3, 0.4) is 0 Å². The van der Waals surface area contributed by atoms with Gasteiger partial charge in [-0.25, -0.2) is 4.79 Å². The van der Waals surface area contributed by atoms with Gasteiger partial charge < -0.3 is 10.1 Å². The van der Waals surface area contributed by atoms with Gasteiger partial charge in [-0.2, -0.15) is 0 Å². The molecule has 0 radical (unpaired) electrons. The predicted octanol–water partition coefficient (Wildman–Crippen LogP) is 2.29. The number of benzene rings is 1. The first-order valence-corrected chi connectivity index (χ1v) is 6.41. The van der Waals surface area contributed by atoms with E-state index in [1.807, 2.05) is 38.1 Å². The maximum absolute atomic E-state index is 11.5. The summed E-state index contributed by atoms with van der Waals surface area (Å²) in [5.41, 5.74) is 2.15. The summed E-state index contributed by atoms with van der Waals surface area (Å²) in [5, 5.41) is 2.71. The normalized spacial score (nSPS) is 10.9. The van der Waals surface area contributed by atoms with E-state index in [2.05, 4.69) is 5.32 Å². The van der Waals surface area contributed by atoms with Crippen molar-refractivity contribution in [3.8, 4) is 0 Å². The first-order chi connectivity index (χ1) is 9.63. The Morgan fingerprint density at radius 3 is 2.70 bits per heavy atom. The van der Waals surface area contributed by atoms with Crippen molar-refractivity contribution < 1.29 is 14.3 Å². The van der Waals surface area contributed by atoms with Crippen molar-refractivity contribution in [2.75, 3.05) is 6.61 Å². The molecule has 4 nitrogen and oxygen atoms in total. The van der Waals surface area contributed by atoms with Crippen molar-refractivity contribution in [2.24, 2.45) is 0 Å². The molecule has 0 aromatic heterocycles. The number of hydrogen-bond donors (Lipinski definition) is 1. The van der Waals surface area contributed by atoms with E-state index in [4.69, 9.17) is 4.74 Å². The fourth-order valence-corrected chi connectivity index (χ4v) is 1.48. The predicted molar refractivity (Wildman–Crippen MR) is 77.9 cm³/mol. The largest absolute Gasteiger partial charge is 0.452 e. The van der Waals surface area contributed by atoms with E-state index < -0.39 is 5.97 Å². The van der Waals surface area contributed by atoms with E-state index in [9.17, 15) is 9.59 Å². The zero-order valence-corrected chi connectivity index (χ0v) is 11.8. The number of esters is 1. The average Bonchev–Trinajstić information content (AvgIpc) is 2.44. The van der Waals surface area contributed by atoms with Crippen molar-refractivity contribution in [1.82, 2.24) is 5.32 Å². The minimum Gasteiger partial charge on any atom is -0.452 e. The van der Waals surface area contributed by atoms with Crippen LogP contribution in [-0.4, -0.2) is 18.5 Å². The average molecular weight is 273 g/mol. The highest BCUT2D eigenvalue weighted by Gasteiger charge is 2.05. The Bertz CT molecular complexity index is 518. The Morgan fingerprint density at radius 2 is 2.00 bits per heavy atom. The minimum absolute atomic E-state index is 0.273. The van der Waals surface area contributed by atoms with Gasteiger partial charge in [-0.1, -0.05) is 42.5 Å². The van der Waals surface area contributed by atoms with E-state index in [-0.39, 0.29) is 12.5 Å². The summed E-state index contributed by atoms with van der Waals surface area (Å²) in [6.07, 6.45) is 6.33. The molecule has 0 aliphatic carbocycles. The van der Waals surface area contributed by atoms with Crippen molar-refractivity contribution >= 4 is 11.9 Å². The van der Waals surface area contributed by atoms with Crippen LogP contribution in [0.15, 0.2) is 48.6 Å². The summed E-state index contributed by atoms with van der Waals surface area (Å²) in [5.74, 6) is -0.852. The standard InChI is InChI=1S/C16H19NO3/c1-3-4-5-10-16(19)20-12-15(18)17-11-14-9-7-6-8-13(14)2/h3-10H,11-12H2,1-2H3,(H,17,18)/b4-3+,10-5+. The van der Waals surface area contributed by atoms with E-state index >= 15 is 0 Å². The molecular formula is C16H19NO3. The highest BCUT2D eigenvalue weighted by atomic mass is 16.5. The molecule has 1 amide bonds. The van der Waals surface area contributed by atoms with Crippen LogP contribution < -0.4 is 5.32 Å². The minimum atomic E-state index is -0.533. The fourth-order valence-electron chi connectivity index (χ4n) is 1.48. The topological polar surface area (TPSA) is 55.4 Å². The van der Waals surface area contributed by atoms with Crippen LogP contribution in [0, 0.1) is 6.92 Å². The Balaban J connectivity index is 2.31. The lowest BCUT2D eigenvalue weighted by Crippen LogP contribution is -2.28. The summed E-state index contributed by atoms with van der Waals surface area (Å²) >= 11 is 0. The van der Waals surface area contributed by atoms with Crippen LogP contribution in [0.2, 0.25) is 0 Å². The highest BCUT2D eigenvalue weighted by Crippen LogP contribution is 2.05. The molecule has 0 heterocycles. The third-order valence-corrected chi connectivity index (χ3v) is 2.62. The van der Waals surface area contributed by atoms with Gasteiger partial charge in [-0.3, -0.25) is 4.79 Å². The number of carbonyl (C=O) groups is 2. The Morgan fingerprint density at radius 1 is 1.25 bits per heavy atom. The van der Waals surface area contributed by atoms with Gasteiger partial charge in [0, 0.05) is 12.6 Å². The van der Waals surface area contributed by atoms with Crippen LogP contribution in [0.5, 0.6) is 0 Å². The monoisotopic (exact) mass is 273 g/mol. The second-order valence-electron chi connectivity index (χ2n) is 4.20. The van der Waals surface area contributed by atoms with Crippen LogP contribution >= 0.6 is 0 Å². The third-order valence-electron chi connectivity index (χ3n) is 2.62. The lowest BCUT2D eigenvalue weighted by Gasteiger charge is -2.07. The number of nitrogens with one attached hydrogen (secondary N) is 1.